The molecular formula is C17H20N4O2. The number of hydrogen-bond donors (Lipinski definition) is 1. The lowest BCUT2D eigenvalue weighted by atomic mass is 10.1. The van der Waals surface area contributed by atoms with Gasteiger partial charge in [-0.2, -0.15) is 0 Å². The smallest absolute Gasteiger partial charge is 0.286 e. The summed E-state index contributed by atoms with van der Waals surface area (Å²) in [5.74, 6) is 0.391. The van der Waals surface area contributed by atoms with Gasteiger partial charge in [-0.05, 0) is 36.6 Å². The molecule has 2 aromatic rings. The number of fused-ring (bicyclic) bond motifs is 1. The van der Waals surface area contributed by atoms with E-state index in [-0.39, 0.29) is 5.82 Å². The zero-order valence-corrected chi connectivity index (χ0v) is 13.2. The fraction of sp³-hybridized carbons (Fsp3) is 0.353. The highest BCUT2D eigenvalue weighted by atomic mass is 16.5. The molecule has 0 atom stereocenters. The number of primary amides is 1. The third-order valence-electron chi connectivity index (χ3n) is 3.89. The lowest BCUT2D eigenvalue weighted by Crippen LogP contribution is -2.32. The molecule has 0 saturated carbocycles. The molecule has 1 aromatic carbocycles. The summed E-state index contributed by atoms with van der Waals surface area (Å²) in [6.07, 6.45) is 2.60. The molecule has 1 aromatic heterocycles. The molecule has 1 amide bonds. The summed E-state index contributed by atoms with van der Waals surface area (Å²) in [5.41, 5.74) is 8.47. The van der Waals surface area contributed by atoms with Crippen molar-refractivity contribution in [1.82, 2.24) is 14.9 Å². The number of benzene rings is 1. The number of aromatic nitrogens is 2. The maximum Gasteiger partial charge on any atom is 0.286 e. The van der Waals surface area contributed by atoms with Crippen LogP contribution in [0.1, 0.15) is 34.4 Å². The summed E-state index contributed by atoms with van der Waals surface area (Å²) in [7, 11) is 0. The van der Waals surface area contributed by atoms with E-state index in [9.17, 15) is 4.79 Å². The average Bonchev–Trinajstić information content (AvgIpc) is 2.56. The number of carbonyl (C=O) groups excluding carboxylic acids is 1. The van der Waals surface area contributed by atoms with Crippen molar-refractivity contribution < 1.29 is 9.53 Å². The van der Waals surface area contributed by atoms with Crippen LogP contribution in [0.3, 0.4) is 0 Å². The molecule has 0 spiro atoms. The molecular weight excluding hydrogens is 292 g/mol. The Bertz CT molecular complexity index is 700. The minimum absolute atomic E-state index is 0.0895. The zero-order valence-electron chi connectivity index (χ0n) is 13.2. The van der Waals surface area contributed by atoms with Crippen LogP contribution in [0.5, 0.6) is 5.75 Å². The molecule has 0 bridgehead atoms. The van der Waals surface area contributed by atoms with Gasteiger partial charge in [0.1, 0.15) is 5.75 Å². The Morgan fingerprint density at radius 2 is 2.13 bits per heavy atom. The summed E-state index contributed by atoms with van der Waals surface area (Å²) in [6.45, 7) is 5.12. The predicted molar refractivity (Wildman–Crippen MR) is 86.0 cm³/mol. The molecule has 23 heavy (non-hydrogen) atoms. The van der Waals surface area contributed by atoms with Gasteiger partial charge < -0.3 is 10.5 Å². The number of nitrogens with two attached hydrogens (primary N) is 1. The molecule has 2 N–H and O–H groups in total. The van der Waals surface area contributed by atoms with Crippen LogP contribution >= 0.6 is 0 Å². The summed E-state index contributed by atoms with van der Waals surface area (Å²) in [5, 5.41) is 0. The van der Waals surface area contributed by atoms with E-state index in [4.69, 9.17) is 10.5 Å². The summed E-state index contributed by atoms with van der Waals surface area (Å²) >= 11 is 0. The van der Waals surface area contributed by atoms with Gasteiger partial charge in [0.05, 0.1) is 12.3 Å². The van der Waals surface area contributed by atoms with Crippen molar-refractivity contribution in [3.8, 4) is 5.75 Å². The summed E-state index contributed by atoms with van der Waals surface area (Å²) < 4.78 is 5.46. The van der Waals surface area contributed by atoms with Crippen molar-refractivity contribution in [2.75, 3.05) is 13.2 Å². The maximum atomic E-state index is 11.2. The number of hydrogen-bond acceptors (Lipinski definition) is 5. The standard InChI is InChI=1S/C17H20N4O2/c1-2-23-14-5-3-12(4-6-14)10-21-8-7-13-9-19-17(16(18)22)20-15(13)11-21/h3-6,9H,2,7-8,10-11H2,1H3,(H2,18,22). The Morgan fingerprint density at radius 3 is 2.83 bits per heavy atom. The first-order chi connectivity index (χ1) is 11.2. The highest BCUT2D eigenvalue weighted by Crippen LogP contribution is 2.20. The molecule has 0 aliphatic carbocycles. The molecule has 1 aliphatic heterocycles. The minimum Gasteiger partial charge on any atom is -0.494 e. The fourth-order valence-electron chi connectivity index (χ4n) is 2.73. The fourth-order valence-corrected chi connectivity index (χ4v) is 2.73. The monoisotopic (exact) mass is 312 g/mol. The van der Waals surface area contributed by atoms with Crippen LogP contribution in [0.15, 0.2) is 30.5 Å². The first-order valence-electron chi connectivity index (χ1n) is 7.74. The van der Waals surface area contributed by atoms with Gasteiger partial charge in [-0.15, -0.1) is 0 Å². The Kier molecular flexibility index (Phi) is 4.52. The average molecular weight is 312 g/mol. The van der Waals surface area contributed by atoms with Gasteiger partial charge in [-0.1, -0.05) is 12.1 Å². The van der Waals surface area contributed by atoms with E-state index in [1.165, 1.54) is 5.56 Å². The molecule has 6 nitrogen and oxygen atoms in total. The van der Waals surface area contributed by atoms with E-state index in [0.717, 1.165) is 36.5 Å². The summed E-state index contributed by atoms with van der Waals surface area (Å²) in [4.78, 5) is 21.8. The Hall–Kier alpha value is -2.47. The molecule has 3 rings (SSSR count). The molecule has 0 radical (unpaired) electrons. The molecule has 0 unspecified atom stereocenters. The maximum absolute atomic E-state index is 11.2. The van der Waals surface area contributed by atoms with Crippen molar-refractivity contribution in [2.45, 2.75) is 26.4 Å². The minimum atomic E-state index is -0.587. The van der Waals surface area contributed by atoms with Gasteiger partial charge in [0.15, 0.2) is 0 Å². The van der Waals surface area contributed by atoms with Crippen LogP contribution in [-0.4, -0.2) is 33.9 Å². The first kappa shape index (κ1) is 15.4. The molecule has 2 heterocycles. The second-order valence-corrected chi connectivity index (χ2v) is 5.57. The van der Waals surface area contributed by atoms with Crippen LogP contribution < -0.4 is 10.5 Å². The molecule has 120 valence electrons. The molecule has 0 fully saturated rings. The normalized spacial score (nSPS) is 14.3. The quantitative estimate of drug-likeness (QED) is 0.905. The van der Waals surface area contributed by atoms with Gasteiger partial charge in [0, 0.05) is 25.8 Å². The van der Waals surface area contributed by atoms with Gasteiger partial charge in [-0.3, -0.25) is 9.69 Å². The van der Waals surface area contributed by atoms with Crippen LogP contribution in [0.25, 0.3) is 0 Å². The van der Waals surface area contributed by atoms with Crippen LogP contribution in [-0.2, 0) is 19.5 Å². The number of ether oxygens (including phenoxy) is 1. The lowest BCUT2D eigenvalue weighted by Gasteiger charge is -2.27. The van der Waals surface area contributed by atoms with Crippen LogP contribution in [0, 0.1) is 0 Å². The highest BCUT2D eigenvalue weighted by Gasteiger charge is 2.19. The number of nitrogens with zero attached hydrogens (tertiary/aromatic N) is 3. The number of carbonyl (C=O) groups is 1. The predicted octanol–water partition coefficient (Wildman–Crippen LogP) is 1.53. The van der Waals surface area contributed by atoms with E-state index in [0.29, 0.717) is 13.2 Å². The van der Waals surface area contributed by atoms with Gasteiger partial charge in [0.25, 0.3) is 5.91 Å². The van der Waals surface area contributed by atoms with Crippen molar-refractivity contribution >= 4 is 5.91 Å². The van der Waals surface area contributed by atoms with E-state index < -0.39 is 5.91 Å². The third-order valence-corrected chi connectivity index (χ3v) is 3.89. The molecule has 0 saturated heterocycles. The largest absolute Gasteiger partial charge is 0.494 e. The van der Waals surface area contributed by atoms with Gasteiger partial charge >= 0.3 is 0 Å². The van der Waals surface area contributed by atoms with E-state index in [1.807, 2.05) is 19.1 Å². The Labute approximate surface area is 135 Å². The van der Waals surface area contributed by atoms with Gasteiger partial charge in [-0.25, -0.2) is 9.97 Å². The molecule has 1 aliphatic rings. The number of amides is 1. The van der Waals surface area contributed by atoms with Crippen LogP contribution in [0.2, 0.25) is 0 Å². The second-order valence-electron chi connectivity index (χ2n) is 5.57. The van der Waals surface area contributed by atoms with Gasteiger partial charge in [0.2, 0.25) is 5.82 Å². The molecule has 6 heteroatoms. The first-order valence-corrected chi connectivity index (χ1v) is 7.74. The van der Waals surface area contributed by atoms with Crippen LogP contribution in [0.4, 0.5) is 0 Å². The van der Waals surface area contributed by atoms with Crippen molar-refractivity contribution in [3.63, 3.8) is 0 Å². The summed E-state index contributed by atoms with van der Waals surface area (Å²) in [6, 6.07) is 8.14. The highest BCUT2D eigenvalue weighted by molar-refractivity contribution is 5.88. The second kappa shape index (κ2) is 6.75. The lowest BCUT2D eigenvalue weighted by molar-refractivity contribution is 0.0989. The van der Waals surface area contributed by atoms with Crippen molar-refractivity contribution in [2.24, 2.45) is 5.73 Å². The van der Waals surface area contributed by atoms with Crippen molar-refractivity contribution in [1.29, 1.82) is 0 Å². The topological polar surface area (TPSA) is 81.3 Å². The third kappa shape index (κ3) is 3.65. The van der Waals surface area contributed by atoms with E-state index in [2.05, 4.69) is 27.0 Å². The van der Waals surface area contributed by atoms with Crippen molar-refractivity contribution in [3.05, 3.63) is 53.1 Å². The zero-order chi connectivity index (χ0) is 16.2. The van der Waals surface area contributed by atoms with E-state index >= 15 is 0 Å². The van der Waals surface area contributed by atoms with E-state index in [1.54, 1.807) is 6.20 Å². The number of rotatable bonds is 5. The Balaban J connectivity index is 1.69. The Morgan fingerprint density at radius 1 is 1.35 bits per heavy atom. The SMILES string of the molecule is CCOc1ccc(CN2CCc3cnc(C(N)=O)nc3C2)cc1.